The molecule has 0 heterocycles. The SMILES string of the molecule is CC(C)(C)[C](C)(C)[Ti]. The second kappa shape index (κ2) is 2.15. The molecule has 0 radical (unpaired) electrons. The molecular weight excluding hydrogens is 132 g/mol. The fraction of sp³-hybridized carbons (Fsp3) is 1.00. The molecule has 0 aromatic rings. The number of hydrogen-bond donors (Lipinski definition) is 0. The van der Waals surface area contributed by atoms with Crippen LogP contribution in [0.3, 0.4) is 0 Å². The zero-order valence-electron chi connectivity index (χ0n) is 6.50. The zero-order valence-corrected chi connectivity index (χ0v) is 8.06. The summed E-state index contributed by atoms with van der Waals surface area (Å²) in [5.74, 6) is 0. The van der Waals surface area contributed by atoms with Crippen molar-refractivity contribution in [2.24, 2.45) is 5.41 Å². The van der Waals surface area contributed by atoms with E-state index in [1.54, 1.807) is 0 Å². The van der Waals surface area contributed by atoms with E-state index in [1.807, 2.05) is 0 Å². The third-order valence-electron chi connectivity index (χ3n) is 1.88. The van der Waals surface area contributed by atoms with Crippen molar-refractivity contribution in [3.63, 3.8) is 0 Å². The Balaban J connectivity index is 4.02. The molecule has 0 aliphatic carbocycles. The van der Waals surface area contributed by atoms with Crippen molar-refractivity contribution in [1.82, 2.24) is 0 Å². The van der Waals surface area contributed by atoms with Gasteiger partial charge in [-0.05, 0) is 0 Å². The van der Waals surface area contributed by atoms with Crippen LogP contribution in [-0.2, 0) is 20.4 Å². The molecule has 8 heavy (non-hydrogen) atoms. The van der Waals surface area contributed by atoms with Gasteiger partial charge in [0.2, 0.25) is 0 Å². The molecule has 0 saturated carbocycles. The molecule has 0 aliphatic rings. The minimum absolute atomic E-state index is 0.437. The van der Waals surface area contributed by atoms with Crippen molar-refractivity contribution in [3.05, 3.63) is 0 Å². The quantitative estimate of drug-likeness (QED) is 0.462. The maximum absolute atomic E-state index is 2.27. The molecule has 0 atom stereocenters. The first kappa shape index (κ1) is 8.71. The van der Waals surface area contributed by atoms with E-state index in [1.165, 1.54) is 0 Å². The van der Waals surface area contributed by atoms with Crippen LogP contribution in [0.1, 0.15) is 34.6 Å². The fourth-order valence-electron chi connectivity index (χ4n) is 0. The van der Waals surface area contributed by atoms with Gasteiger partial charge in [-0.15, -0.1) is 0 Å². The van der Waals surface area contributed by atoms with Crippen molar-refractivity contribution >= 4 is 0 Å². The first-order valence-corrected chi connectivity index (χ1v) is 3.78. The molecule has 0 unspecified atom stereocenters. The van der Waals surface area contributed by atoms with Crippen LogP contribution in [0.15, 0.2) is 0 Å². The molecule has 0 N–H and O–H groups in total. The molecule has 0 bridgehead atoms. The first-order valence-electron chi connectivity index (χ1n) is 3.00. The molecule has 0 rings (SSSR count). The molecule has 0 aliphatic heterocycles. The van der Waals surface area contributed by atoms with Gasteiger partial charge in [0, 0.05) is 0 Å². The molecule has 0 amide bonds. The van der Waals surface area contributed by atoms with Gasteiger partial charge in [0.15, 0.2) is 0 Å². The Kier molecular flexibility index (Phi) is 2.34. The van der Waals surface area contributed by atoms with Crippen molar-refractivity contribution in [2.45, 2.75) is 38.3 Å². The van der Waals surface area contributed by atoms with Crippen LogP contribution in [-0.4, -0.2) is 0 Å². The van der Waals surface area contributed by atoms with Gasteiger partial charge in [0.25, 0.3) is 0 Å². The van der Waals surface area contributed by atoms with E-state index in [2.05, 4.69) is 55.1 Å². The Labute approximate surface area is 64.5 Å². The Morgan fingerprint density at radius 1 is 0.875 bits per heavy atom. The maximum atomic E-state index is 2.27. The Hall–Kier alpha value is 0.714. The second-order valence-corrected chi connectivity index (χ2v) is 5.83. The zero-order chi connectivity index (χ0) is 7.00. The van der Waals surface area contributed by atoms with Gasteiger partial charge in [-0.1, -0.05) is 0 Å². The summed E-state index contributed by atoms with van der Waals surface area (Å²) in [5.41, 5.74) is 0.437. The van der Waals surface area contributed by atoms with Crippen LogP contribution in [0, 0.1) is 5.41 Å². The summed E-state index contributed by atoms with van der Waals surface area (Å²) in [6, 6.07) is 0. The van der Waals surface area contributed by atoms with Gasteiger partial charge in [0.1, 0.15) is 0 Å². The van der Waals surface area contributed by atoms with Crippen LogP contribution in [0.5, 0.6) is 0 Å². The van der Waals surface area contributed by atoms with Gasteiger partial charge in [0.05, 0.1) is 0 Å². The molecular formula is C7H15Ti. The Morgan fingerprint density at radius 3 is 1.00 bits per heavy atom. The summed E-state index contributed by atoms with van der Waals surface area (Å²) >= 11 is 2.27. The van der Waals surface area contributed by atoms with Crippen LogP contribution in [0.25, 0.3) is 0 Å². The van der Waals surface area contributed by atoms with Gasteiger partial charge >= 0.3 is 64.2 Å². The standard InChI is InChI=1S/C7H15.Ti/c1-6(2)7(3,4)5;/h1-5H3;. The second-order valence-electron chi connectivity index (χ2n) is 3.88. The van der Waals surface area contributed by atoms with Crippen LogP contribution in [0.2, 0.25) is 3.72 Å². The average Bonchev–Trinajstić information content (AvgIpc) is 1.25. The topological polar surface area (TPSA) is 0 Å². The third kappa shape index (κ3) is 2.32. The van der Waals surface area contributed by atoms with Gasteiger partial charge in [-0.25, -0.2) is 0 Å². The Morgan fingerprint density at radius 2 is 1.00 bits per heavy atom. The molecule has 0 fully saturated rings. The third-order valence-corrected chi connectivity index (χ3v) is 3.05. The summed E-state index contributed by atoms with van der Waals surface area (Å²) in [6.07, 6.45) is 0. The summed E-state index contributed by atoms with van der Waals surface area (Å²) in [4.78, 5) is 0. The molecule has 0 aromatic carbocycles. The van der Waals surface area contributed by atoms with E-state index in [4.69, 9.17) is 0 Å². The molecule has 0 nitrogen and oxygen atoms in total. The summed E-state index contributed by atoms with van der Waals surface area (Å²) < 4.78 is 0.438. The van der Waals surface area contributed by atoms with Gasteiger partial charge in [-0.3, -0.25) is 0 Å². The minimum atomic E-state index is 0.437. The molecule has 0 spiro atoms. The van der Waals surface area contributed by atoms with E-state index >= 15 is 0 Å². The summed E-state index contributed by atoms with van der Waals surface area (Å²) in [7, 11) is 0. The predicted molar refractivity (Wildman–Crippen MR) is 33.5 cm³/mol. The van der Waals surface area contributed by atoms with Crippen LogP contribution < -0.4 is 0 Å². The van der Waals surface area contributed by atoms with Gasteiger partial charge < -0.3 is 0 Å². The summed E-state index contributed by atoms with van der Waals surface area (Å²) in [5, 5.41) is 0. The van der Waals surface area contributed by atoms with E-state index in [-0.39, 0.29) is 0 Å². The summed E-state index contributed by atoms with van der Waals surface area (Å²) in [6.45, 7) is 11.4. The molecule has 47 valence electrons. The number of hydrogen-bond acceptors (Lipinski definition) is 0. The van der Waals surface area contributed by atoms with Crippen molar-refractivity contribution in [2.75, 3.05) is 0 Å². The normalized spacial score (nSPS) is 14.0. The van der Waals surface area contributed by atoms with E-state index in [0.717, 1.165) is 0 Å². The van der Waals surface area contributed by atoms with Crippen molar-refractivity contribution in [3.8, 4) is 0 Å². The molecule has 1 heteroatoms. The Bertz CT molecular complexity index is 59.4. The monoisotopic (exact) mass is 147 g/mol. The average molecular weight is 147 g/mol. The number of rotatable bonds is 0. The van der Waals surface area contributed by atoms with Crippen LogP contribution in [0.4, 0.5) is 0 Å². The first-order chi connectivity index (χ1) is 3.25. The van der Waals surface area contributed by atoms with E-state index in [0.29, 0.717) is 9.13 Å². The predicted octanol–water partition coefficient (Wildman–Crippen LogP) is 2.78. The van der Waals surface area contributed by atoms with Crippen molar-refractivity contribution in [1.29, 1.82) is 0 Å². The molecule has 0 aromatic heterocycles. The van der Waals surface area contributed by atoms with Crippen molar-refractivity contribution < 1.29 is 20.4 Å². The van der Waals surface area contributed by atoms with E-state index in [9.17, 15) is 0 Å². The molecule has 0 saturated heterocycles. The van der Waals surface area contributed by atoms with Crippen LogP contribution >= 0.6 is 0 Å². The fourth-order valence-corrected chi connectivity index (χ4v) is 0. The van der Waals surface area contributed by atoms with Gasteiger partial charge in [-0.2, -0.15) is 0 Å². The van der Waals surface area contributed by atoms with E-state index < -0.39 is 0 Å².